The summed E-state index contributed by atoms with van der Waals surface area (Å²) in [5.41, 5.74) is 3.32. The summed E-state index contributed by atoms with van der Waals surface area (Å²) in [5, 5.41) is 3.56. The fraction of sp³-hybridized carbons (Fsp3) is 0.481. The van der Waals surface area contributed by atoms with E-state index < -0.39 is 6.04 Å². The van der Waals surface area contributed by atoms with Gasteiger partial charge in [-0.3, -0.25) is 9.59 Å². The molecule has 0 aliphatic rings. The molecule has 4 nitrogen and oxygen atoms in total. The lowest BCUT2D eigenvalue weighted by Gasteiger charge is -2.31. The smallest absolute Gasteiger partial charge is 0.243 e. The topological polar surface area (TPSA) is 49.4 Å². The molecule has 1 N–H and O–H groups in total. The number of aryl methyl sites for hydroxylation is 1. The lowest BCUT2D eigenvalue weighted by atomic mass is 9.86. The van der Waals surface area contributed by atoms with Crippen LogP contribution in [0.4, 0.5) is 0 Å². The van der Waals surface area contributed by atoms with E-state index in [1.54, 1.807) is 4.90 Å². The van der Waals surface area contributed by atoms with Crippen molar-refractivity contribution in [1.29, 1.82) is 0 Å². The first-order valence-electron chi connectivity index (χ1n) is 11.5. The molecule has 0 aromatic heterocycles. The van der Waals surface area contributed by atoms with Gasteiger partial charge in [0.25, 0.3) is 0 Å². The molecule has 1 atom stereocenters. The van der Waals surface area contributed by atoms with Crippen LogP contribution in [0.2, 0.25) is 5.02 Å². The Morgan fingerprint density at radius 2 is 1.66 bits per heavy atom. The summed E-state index contributed by atoms with van der Waals surface area (Å²) in [7, 11) is 0. The van der Waals surface area contributed by atoms with Crippen molar-refractivity contribution in [1.82, 2.24) is 10.2 Å². The number of hydrogen-bond donors (Lipinski definition) is 1. The van der Waals surface area contributed by atoms with E-state index in [0.717, 1.165) is 11.1 Å². The number of halogens is 1. The van der Waals surface area contributed by atoms with Crippen molar-refractivity contribution in [3.05, 3.63) is 70.2 Å². The van der Waals surface area contributed by atoms with Crippen LogP contribution in [-0.2, 0) is 28.0 Å². The normalized spacial score (nSPS) is 12.5. The zero-order chi connectivity index (χ0) is 23.9. The van der Waals surface area contributed by atoms with Crippen molar-refractivity contribution in [2.45, 2.75) is 84.8 Å². The molecule has 2 rings (SSSR count). The maximum absolute atomic E-state index is 13.4. The highest BCUT2D eigenvalue weighted by Gasteiger charge is 2.29. The Kier molecular flexibility index (Phi) is 9.33. The van der Waals surface area contributed by atoms with Gasteiger partial charge in [0.2, 0.25) is 11.8 Å². The second kappa shape index (κ2) is 11.5. The minimum Gasteiger partial charge on any atom is -0.352 e. The second-order valence-corrected chi connectivity index (χ2v) is 10.1. The number of hydrogen-bond acceptors (Lipinski definition) is 2. The van der Waals surface area contributed by atoms with E-state index in [-0.39, 0.29) is 23.3 Å². The average Bonchev–Trinajstić information content (AvgIpc) is 2.72. The molecule has 174 valence electrons. The average molecular weight is 457 g/mol. The zero-order valence-electron chi connectivity index (χ0n) is 20.2. The van der Waals surface area contributed by atoms with Crippen LogP contribution in [0.3, 0.4) is 0 Å². The molecule has 0 aliphatic heterocycles. The minimum atomic E-state index is -0.538. The Balaban J connectivity index is 2.20. The van der Waals surface area contributed by atoms with Gasteiger partial charge in [-0.25, -0.2) is 0 Å². The van der Waals surface area contributed by atoms with Crippen LogP contribution in [-0.4, -0.2) is 28.8 Å². The summed E-state index contributed by atoms with van der Waals surface area (Å²) in [4.78, 5) is 27.9. The van der Waals surface area contributed by atoms with Crippen LogP contribution >= 0.6 is 11.6 Å². The van der Waals surface area contributed by atoms with E-state index >= 15 is 0 Å². The molecular weight excluding hydrogens is 420 g/mol. The van der Waals surface area contributed by atoms with E-state index in [0.29, 0.717) is 30.8 Å². The largest absolute Gasteiger partial charge is 0.352 e. The molecule has 2 aromatic carbocycles. The molecule has 0 radical (unpaired) electrons. The van der Waals surface area contributed by atoms with Gasteiger partial charge in [0.15, 0.2) is 0 Å². The Hall–Kier alpha value is -2.33. The first-order valence-corrected chi connectivity index (χ1v) is 11.8. The van der Waals surface area contributed by atoms with Crippen LogP contribution in [0.25, 0.3) is 0 Å². The summed E-state index contributed by atoms with van der Waals surface area (Å²) >= 11 is 6.37. The second-order valence-electron chi connectivity index (χ2n) is 9.65. The monoisotopic (exact) mass is 456 g/mol. The molecule has 2 aromatic rings. The van der Waals surface area contributed by atoms with Crippen molar-refractivity contribution in [2.24, 2.45) is 0 Å². The summed E-state index contributed by atoms with van der Waals surface area (Å²) < 4.78 is 0. The maximum atomic E-state index is 13.4. The summed E-state index contributed by atoms with van der Waals surface area (Å²) in [6.07, 6.45) is 1.50. The highest BCUT2D eigenvalue weighted by Crippen LogP contribution is 2.23. The van der Waals surface area contributed by atoms with Crippen LogP contribution in [0.5, 0.6) is 0 Å². The third kappa shape index (κ3) is 7.37. The van der Waals surface area contributed by atoms with Gasteiger partial charge in [-0.05, 0) is 54.9 Å². The van der Waals surface area contributed by atoms with Gasteiger partial charge in [0.05, 0.1) is 0 Å². The van der Waals surface area contributed by atoms with Crippen LogP contribution in [0.15, 0.2) is 48.5 Å². The van der Waals surface area contributed by atoms with Crippen molar-refractivity contribution in [3.8, 4) is 0 Å². The molecule has 32 heavy (non-hydrogen) atoms. The molecule has 0 heterocycles. The SMILES string of the molecule is CCC(C(=O)NC(C)C)N(Cc1ccccc1Cl)C(=O)CCc1ccc(C(C)(C)C)cc1. The Morgan fingerprint density at radius 1 is 1.03 bits per heavy atom. The van der Waals surface area contributed by atoms with Gasteiger partial charge in [-0.15, -0.1) is 0 Å². The van der Waals surface area contributed by atoms with Crippen molar-refractivity contribution in [2.75, 3.05) is 0 Å². The van der Waals surface area contributed by atoms with E-state index in [1.165, 1.54) is 5.56 Å². The van der Waals surface area contributed by atoms with Crippen molar-refractivity contribution >= 4 is 23.4 Å². The third-order valence-electron chi connectivity index (χ3n) is 5.56. The van der Waals surface area contributed by atoms with Gasteiger partial charge in [0, 0.05) is 24.0 Å². The van der Waals surface area contributed by atoms with Gasteiger partial charge in [-0.1, -0.05) is 81.8 Å². The molecule has 0 spiro atoms. The first kappa shape index (κ1) is 25.9. The van der Waals surface area contributed by atoms with E-state index in [9.17, 15) is 9.59 Å². The standard InChI is InChI=1S/C27H37ClN2O2/c1-7-24(26(32)29-19(2)3)30(18-21-10-8-9-11-23(21)28)25(31)17-14-20-12-15-22(16-13-20)27(4,5)6/h8-13,15-16,19,24H,7,14,17-18H2,1-6H3,(H,29,32). The molecule has 0 saturated heterocycles. The predicted octanol–water partition coefficient (Wildman–Crippen LogP) is 5.90. The third-order valence-corrected chi connectivity index (χ3v) is 5.93. The van der Waals surface area contributed by atoms with Gasteiger partial charge in [-0.2, -0.15) is 0 Å². The fourth-order valence-corrected chi connectivity index (χ4v) is 3.87. The number of carbonyl (C=O) groups excluding carboxylic acids is 2. The fourth-order valence-electron chi connectivity index (χ4n) is 3.68. The Bertz CT molecular complexity index is 901. The van der Waals surface area contributed by atoms with Gasteiger partial charge < -0.3 is 10.2 Å². The first-order chi connectivity index (χ1) is 15.0. The molecule has 1 unspecified atom stereocenters. The number of amides is 2. The zero-order valence-corrected chi connectivity index (χ0v) is 21.0. The van der Waals surface area contributed by atoms with Crippen LogP contribution in [0, 0.1) is 0 Å². The lowest BCUT2D eigenvalue weighted by molar-refractivity contribution is -0.141. The maximum Gasteiger partial charge on any atom is 0.243 e. The Labute approximate surface area is 198 Å². The summed E-state index contributed by atoms with van der Waals surface area (Å²) in [6.45, 7) is 12.6. The summed E-state index contributed by atoms with van der Waals surface area (Å²) in [6, 6.07) is 15.4. The van der Waals surface area contributed by atoms with Crippen molar-refractivity contribution < 1.29 is 9.59 Å². The molecule has 0 bridgehead atoms. The molecule has 2 amide bonds. The Morgan fingerprint density at radius 3 is 2.19 bits per heavy atom. The highest BCUT2D eigenvalue weighted by atomic mass is 35.5. The molecule has 5 heteroatoms. The van der Waals surface area contributed by atoms with Crippen LogP contribution in [0.1, 0.15) is 71.1 Å². The molecule has 0 fully saturated rings. The van der Waals surface area contributed by atoms with E-state index in [4.69, 9.17) is 11.6 Å². The molecule has 0 aliphatic carbocycles. The molecular formula is C27H37ClN2O2. The van der Waals surface area contributed by atoms with Crippen molar-refractivity contribution in [3.63, 3.8) is 0 Å². The van der Waals surface area contributed by atoms with Gasteiger partial charge in [0.1, 0.15) is 6.04 Å². The highest BCUT2D eigenvalue weighted by molar-refractivity contribution is 6.31. The lowest BCUT2D eigenvalue weighted by Crippen LogP contribution is -2.50. The number of carbonyl (C=O) groups is 2. The van der Waals surface area contributed by atoms with Gasteiger partial charge >= 0.3 is 0 Å². The number of nitrogens with one attached hydrogen (secondary N) is 1. The van der Waals surface area contributed by atoms with E-state index in [1.807, 2.05) is 45.0 Å². The molecule has 0 saturated carbocycles. The van der Waals surface area contributed by atoms with E-state index in [2.05, 4.69) is 50.4 Å². The number of nitrogens with zero attached hydrogens (tertiary/aromatic N) is 1. The predicted molar refractivity (Wildman–Crippen MR) is 133 cm³/mol. The quantitative estimate of drug-likeness (QED) is 0.510. The number of rotatable bonds is 9. The number of benzene rings is 2. The minimum absolute atomic E-state index is 0.00939. The summed E-state index contributed by atoms with van der Waals surface area (Å²) in [5.74, 6) is -0.173. The van der Waals surface area contributed by atoms with Crippen LogP contribution < -0.4 is 5.32 Å².